The van der Waals surface area contributed by atoms with Crippen molar-refractivity contribution in [1.29, 1.82) is 0 Å². The lowest BCUT2D eigenvalue weighted by atomic mass is 9.98. The second kappa shape index (κ2) is 7.66. The van der Waals surface area contributed by atoms with Gasteiger partial charge in [-0.2, -0.15) is 0 Å². The largest absolute Gasteiger partial charge is 0.352 e. The first-order chi connectivity index (χ1) is 9.45. The number of carbonyl (C=O) groups is 1. The minimum Gasteiger partial charge on any atom is -0.352 e. The summed E-state index contributed by atoms with van der Waals surface area (Å²) < 4.78 is 13.7. The number of rotatable bonds is 4. The molecule has 0 radical (unpaired) electrons. The van der Waals surface area contributed by atoms with Crippen molar-refractivity contribution in [3.05, 3.63) is 35.1 Å². The summed E-state index contributed by atoms with van der Waals surface area (Å²) in [7, 11) is 0. The molecule has 0 aliphatic heterocycles. The molecular formula is C16H21FN2O. The maximum Gasteiger partial charge on any atom is 0.254 e. The fourth-order valence-electron chi connectivity index (χ4n) is 1.51. The molecule has 4 heteroatoms. The van der Waals surface area contributed by atoms with Gasteiger partial charge in [0.2, 0.25) is 0 Å². The summed E-state index contributed by atoms with van der Waals surface area (Å²) in [6.07, 6.45) is 0. The summed E-state index contributed by atoms with van der Waals surface area (Å²) in [6, 6.07) is 4.24. The zero-order valence-electron chi connectivity index (χ0n) is 12.2. The monoisotopic (exact) mass is 276 g/mol. The fraction of sp³-hybridized carbons (Fsp3) is 0.438. The molecule has 1 amide bonds. The van der Waals surface area contributed by atoms with Crippen LogP contribution in [-0.4, -0.2) is 19.0 Å². The van der Waals surface area contributed by atoms with Crippen molar-refractivity contribution < 1.29 is 9.18 Å². The summed E-state index contributed by atoms with van der Waals surface area (Å²) in [4.78, 5) is 12.0. The highest BCUT2D eigenvalue weighted by Crippen LogP contribution is 2.12. The van der Waals surface area contributed by atoms with Crippen LogP contribution in [0.5, 0.6) is 0 Å². The van der Waals surface area contributed by atoms with Gasteiger partial charge in [0.1, 0.15) is 5.82 Å². The van der Waals surface area contributed by atoms with Crippen LogP contribution in [-0.2, 0) is 0 Å². The van der Waals surface area contributed by atoms with Gasteiger partial charge in [0.05, 0.1) is 12.1 Å². The van der Waals surface area contributed by atoms with Crippen molar-refractivity contribution >= 4 is 5.91 Å². The van der Waals surface area contributed by atoms with E-state index in [9.17, 15) is 9.18 Å². The number of benzene rings is 1. The summed E-state index contributed by atoms with van der Waals surface area (Å²) in [6.45, 7) is 6.96. The van der Waals surface area contributed by atoms with Gasteiger partial charge in [-0.15, -0.1) is 0 Å². The lowest BCUT2D eigenvalue weighted by Crippen LogP contribution is -2.30. The van der Waals surface area contributed by atoms with Gasteiger partial charge >= 0.3 is 0 Å². The maximum atomic E-state index is 13.7. The molecule has 1 unspecified atom stereocenters. The van der Waals surface area contributed by atoms with Crippen LogP contribution < -0.4 is 11.1 Å². The molecule has 1 aromatic carbocycles. The minimum absolute atomic E-state index is 0.0183. The molecule has 0 saturated heterocycles. The fourth-order valence-corrected chi connectivity index (χ4v) is 1.51. The second-order valence-corrected chi connectivity index (χ2v) is 5.13. The Kier molecular flexibility index (Phi) is 6.20. The quantitative estimate of drug-likeness (QED) is 0.828. The Morgan fingerprint density at radius 3 is 2.70 bits per heavy atom. The van der Waals surface area contributed by atoms with Crippen molar-refractivity contribution in [1.82, 2.24) is 5.32 Å². The molecule has 0 aromatic heterocycles. The number of hydrogen-bond donors (Lipinski definition) is 2. The first-order valence-corrected chi connectivity index (χ1v) is 6.72. The summed E-state index contributed by atoms with van der Waals surface area (Å²) in [5, 5.41) is 2.75. The first kappa shape index (κ1) is 16.2. The van der Waals surface area contributed by atoms with Crippen LogP contribution in [0.25, 0.3) is 0 Å². The summed E-state index contributed by atoms with van der Waals surface area (Å²) >= 11 is 0. The third kappa shape index (κ3) is 4.67. The molecule has 108 valence electrons. The average molecular weight is 276 g/mol. The van der Waals surface area contributed by atoms with Crippen LogP contribution in [0, 0.1) is 29.5 Å². The molecule has 3 nitrogen and oxygen atoms in total. The van der Waals surface area contributed by atoms with Crippen LogP contribution >= 0.6 is 0 Å². The van der Waals surface area contributed by atoms with Gasteiger partial charge in [-0.05, 0) is 30.0 Å². The highest BCUT2D eigenvalue weighted by Gasteiger charge is 2.14. The Morgan fingerprint density at radius 1 is 1.40 bits per heavy atom. The van der Waals surface area contributed by atoms with Crippen molar-refractivity contribution in [3.63, 3.8) is 0 Å². The molecule has 0 aliphatic rings. The molecule has 1 atom stereocenters. The molecular weight excluding hydrogens is 255 g/mol. The predicted octanol–water partition coefficient (Wildman–Crippen LogP) is 2.16. The van der Waals surface area contributed by atoms with E-state index in [1.165, 1.54) is 18.2 Å². The van der Waals surface area contributed by atoms with Gasteiger partial charge < -0.3 is 11.1 Å². The molecule has 0 heterocycles. The minimum atomic E-state index is -0.544. The number of carbonyl (C=O) groups excluding carboxylic acids is 1. The van der Waals surface area contributed by atoms with Crippen LogP contribution in [0.1, 0.15) is 36.7 Å². The Labute approximate surface area is 119 Å². The zero-order valence-corrected chi connectivity index (χ0v) is 12.2. The highest BCUT2D eigenvalue weighted by atomic mass is 19.1. The number of amides is 1. The first-order valence-electron chi connectivity index (χ1n) is 6.72. The van der Waals surface area contributed by atoms with Gasteiger partial charge in [0.25, 0.3) is 5.91 Å². The smallest absolute Gasteiger partial charge is 0.254 e. The molecule has 20 heavy (non-hydrogen) atoms. The van der Waals surface area contributed by atoms with E-state index in [0.717, 1.165) is 0 Å². The second-order valence-electron chi connectivity index (χ2n) is 5.13. The van der Waals surface area contributed by atoms with Crippen molar-refractivity contribution in [2.45, 2.75) is 20.8 Å². The average Bonchev–Trinajstić information content (AvgIpc) is 2.43. The molecule has 0 spiro atoms. The Hall–Kier alpha value is -1.86. The molecule has 0 bridgehead atoms. The van der Waals surface area contributed by atoms with Gasteiger partial charge in [0, 0.05) is 12.1 Å². The topological polar surface area (TPSA) is 55.1 Å². The molecule has 0 fully saturated rings. The number of halogens is 1. The molecule has 3 N–H and O–H groups in total. The number of hydrogen-bond acceptors (Lipinski definition) is 2. The van der Waals surface area contributed by atoms with Crippen LogP contribution in [0.15, 0.2) is 18.2 Å². The van der Waals surface area contributed by atoms with Gasteiger partial charge in [-0.1, -0.05) is 32.6 Å². The molecule has 1 rings (SSSR count). The Morgan fingerprint density at radius 2 is 2.10 bits per heavy atom. The Balaban J connectivity index is 2.81. The third-order valence-electron chi connectivity index (χ3n) is 3.27. The molecule has 0 saturated carbocycles. The van der Waals surface area contributed by atoms with Crippen LogP contribution in [0.4, 0.5) is 4.39 Å². The lowest BCUT2D eigenvalue weighted by molar-refractivity contribution is 0.0941. The van der Waals surface area contributed by atoms with E-state index in [1.54, 1.807) is 0 Å². The van der Waals surface area contributed by atoms with Crippen molar-refractivity contribution in [2.24, 2.45) is 17.6 Å². The normalized spacial score (nSPS) is 11.7. The lowest BCUT2D eigenvalue weighted by Gasteiger charge is -2.16. The maximum absolute atomic E-state index is 13.7. The van der Waals surface area contributed by atoms with Crippen molar-refractivity contribution in [2.75, 3.05) is 13.1 Å². The van der Waals surface area contributed by atoms with E-state index in [1.807, 2.05) is 6.92 Å². The third-order valence-corrected chi connectivity index (χ3v) is 3.27. The van der Waals surface area contributed by atoms with Gasteiger partial charge in [-0.25, -0.2) is 4.39 Å². The number of nitrogens with one attached hydrogen (secondary N) is 1. The van der Waals surface area contributed by atoms with Crippen LogP contribution in [0.2, 0.25) is 0 Å². The number of nitrogens with two attached hydrogens (primary N) is 1. The molecule has 1 aromatic rings. The highest BCUT2D eigenvalue weighted by molar-refractivity contribution is 5.94. The SMILES string of the molecule is CC(C)C(C)CNC(=O)c1cc(C#CCN)ccc1F. The predicted molar refractivity (Wildman–Crippen MR) is 78.7 cm³/mol. The standard InChI is InChI=1S/C16H21FN2O/c1-11(2)12(3)10-19-16(20)14-9-13(5-4-8-18)6-7-15(14)17/h6-7,9,11-12H,8,10,18H2,1-3H3,(H,19,20). The molecule has 0 aliphatic carbocycles. The van der Waals surface area contributed by atoms with E-state index in [2.05, 4.69) is 31.0 Å². The van der Waals surface area contributed by atoms with E-state index >= 15 is 0 Å². The van der Waals surface area contributed by atoms with E-state index < -0.39 is 11.7 Å². The van der Waals surface area contributed by atoms with E-state index in [0.29, 0.717) is 23.9 Å². The van der Waals surface area contributed by atoms with E-state index in [4.69, 9.17) is 5.73 Å². The van der Waals surface area contributed by atoms with Gasteiger partial charge in [-0.3, -0.25) is 4.79 Å². The summed E-state index contributed by atoms with van der Waals surface area (Å²) in [5.41, 5.74) is 5.89. The summed E-state index contributed by atoms with van der Waals surface area (Å²) in [5.74, 6) is 5.31. The van der Waals surface area contributed by atoms with Crippen LogP contribution in [0.3, 0.4) is 0 Å². The Bertz CT molecular complexity index is 529. The van der Waals surface area contributed by atoms with E-state index in [-0.39, 0.29) is 12.1 Å². The van der Waals surface area contributed by atoms with Gasteiger partial charge in [0.15, 0.2) is 0 Å². The zero-order chi connectivity index (χ0) is 15.1. The van der Waals surface area contributed by atoms with Crippen molar-refractivity contribution in [3.8, 4) is 11.8 Å².